The van der Waals surface area contributed by atoms with E-state index < -0.39 is 10.0 Å². The predicted octanol–water partition coefficient (Wildman–Crippen LogP) is 2.21. The summed E-state index contributed by atoms with van der Waals surface area (Å²) in [5.74, 6) is -0.150. The summed E-state index contributed by atoms with van der Waals surface area (Å²) in [6.07, 6.45) is 0. The number of ketones is 1. The van der Waals surface area contributed by atoms with E-state index in [4.69, 9.17) is 0 Å². The molecule has 0 aliphatic heterocycles. The van der Waals surface area contributed by atoms with E-state index in [1.165, 1.54) is 19.1 Å². The number of hydrogen-bond acceptors (Lipinski definition) is 3. The van der Waals surface area contributed by atoms with Gasteiger partial charge in [0, 0.05) is 12.1 Å². The average molecular weight is 269 g/mol. The van der Waals surface area contributed by atoms with Crippen LogP contribution in [-0.4, -0.2) is 20.7 Å². The third kappa shape index (κ3) is 4.23. The molecule has 0 radical (unpaired) electrons. The van der Waals surface area contributed by atoms with Gasteiger partial charge in [-0.3, -0.25) is 4.79 Å². The maximum Gasteiger partial charge on any atom is 0.240 e. The second kappa shape index (κ2) is 5.20. The van der Waals surface area contributed by atoms with Crippen molar-refractivity contribution in [1.82, 2.24) is 4.72 Å². The number of sulfonamides is 1. The van der Waals surface area contributed by atoms with Crippen LogP contribution in [0.4, 0.5) is 0 Å². The Bertz CT molecular complexity index is 542. The maximum absolute atomic E-state index is 12.0. The summed E-state index contributed by atoms with van der Waals surface area (Å²) in [4.78, 5) is 11.4. The molecule has 100 valence electrons. The van der Waals surface area contributed by atoms with Gasteiger partial charge in [-0.1, -0.05) is 32.9 Å². The zero-order chi connectivity index (χ0) is 14.0. The molecule has 0 bridgehead atoms. The van der Waals surface area contributed by atoms with Crippen molar-refractivity contribution in [3.63, 3.8) is 0 Å². The van der Waals surface area contributed by atoms with Crippen molar-refractivity contribution in [3.8, 4) is 0 Å². The van der Waals surface area contributed by atoms with Gasteiger partial charge in [-0.2, -0.15) is 0 Å². The molecular formula is C13H19NO3S. The number of nitrogens with one attached hydrogen (secondary N) is 1. The van der Waals surface area contributed by atoms with Gasteiger partial charge >= 0.3 is 0 Å². The third-order valence-electron chi connectivity index (χ3n) is 2.34. The molecule has 0 fully saturated rings. The Morgan fingerprint density at radius 2 is 1.89 bits per heavy atom. The van der Waals surface area contributed by atoms with Gasteiger partial charge in [0.15, 0.2) is 5.78 Å². The lowest BCUT2D eigenvalue weighted by atomic mass is 9.98. The van der Waals surface area contributed by atoms with Gasteiger partial charge in [0.1, 0.15) is 0 Å². The lowest BCUT2D eigenvalue weighted by molar-refractivity contribution is 0.101. The molecule has 0 spiro atoms. The van der Waals surface area contributed by atoms with Crippen molar-refractivity contribution in [3.05, 3.63) is 29.8 Å². The maximum atomic E-state index is 12.0. The largest absolute Gasteiger partial charge is 0.295 e. The van der Waals surface area contributed by atoms with E-state index in [1.807, 2.05) is 20.8 Å². The molecule has 18 heavy (non-hydrogen) atoms. The van der Waals surface area contributed by atoms with Crippen molar-refractivity contribution in [2.45, 2.75) is 32.6 Å². The highest BCUT2D eigenvalue weighted by Gasteiger charge is 2.19. The van der Waals surface area contributed by atoms with E-state index in [-0.39, 0.29) is 16.1 Å². The SMILES string of the molecule is CC(=O)c1cccc(S(=O)(=O)NCC(C)(C)C)c1. The summed E-state index contributed by atoms with van der Waals surface area (Å²) < 4.78 is 26.6. The Morgan fingerprint density at radius 1 is 1.28 bits per heavy atom. The van der Waals surface area contributed by atoms with E-state index in [9.17, 15) is 13.2 Å². The third-order valence-corrected chi connectivity index (χ3v) is 3.74. The summed E-state index contributed by atoms with van der Waals surface area (Å²) in [7, 11) is -3.55. The van der Waals surface area contributed by atoms with E-state index in [0.29, 0.717) is 12.1 Å². The molecule has 4 nitrogen and oxygen atoms in total. The van der Waals surface area contributed by atoms with Crippen LogP contribution in [-0.2, 0) is 10.0 Å². The van der Waals surface area contributed by atoms with Crippen LogP contribution >= 0.6 is 0 Å². The molecule has 0 aromatic heterocycles. The van der Waals surface area contributed by atoms with Gasteiger partial charge in [0.2, 0.25) is 10.0 Å². The van der Waals surface area contributed by atoms with E-state index in [0.717, 1.165) is 0 Å². The van der Waals surface area contributed by atoms with Gasteiger partial charge < -0.3 is 0 Å². The fourth-order valence-corrected chi connectivity index (χ4v) is 2.61. The second-order valence-corrected chi connectivity index (χ2v) is 7.24. The first-order valence-electron chi connectivity index (χ1n) is 5.72. The van der Waals surface area contributed by atoms with Gasteiger partial charge in [-0.15, -0.1) is 0 Å². The zero-order valence-corrected chi connectivity index (χ0v) is 12.0. The van der Waals surface area contributed by atoms with E-state index in [1.54, 1.807) is 12.1 Å². The van der Waals surface area contributed by atoms with Crippen molar-refractivity contribution in [1.29, 1.82) is 0 Å². The summed E-state index contributed by atoms with van der Waals surface area (Å²) in [5.41, 5.74) is 0.263. The summed E-state index contributed by atoms with van der Waals surface area (Å²) in [6, 6.07) is 6.05. The average Bonchev–Trinajstić information content (AvgIpc) is 2.26. The molecule has 0 aliphatic carbocycles. The number of benzene rings is 1. The highest BCUT2D eigenvalue weighted by Crippen LogP contribution is 2.15. The molecule has 1 rings (SSSR count). The molecule has 1 aromatic carbocycles. The molecule has 5 heteroatoms. The van der Waals surface area contributed by atoms with Gasteiger partial charge in [0.05, 0.1) is 4.90 Å². The molecule has 0 unspecified atom stereocenters. The standard InChI is InChI=1S/C13H19NO3S/c1-10(15)11-6-5-7-12(8-11)18(16,17)14-9-13(2,3)4/h5-8,14H,9H2,1-4H3. The molecule has 0 aliphatic rings. The van der Waals surface area contributed by atoms with Crippen LogP contribution in [0, 0.1) is 5.41 Å². The van der Waals surface area contributed by atoms with Crippen LogP contribution in [0.5, 0.6) is 0 Å². The molecule has 0 atom stereocenters. The number of carbonyl (C=O) groups is 1. The fourth-order valence-electron chi connectivity index (χ4n) is 1.28. The topological polar surface area (TPSA) is 63.2 Å². The number of rotatable bonds is 4. The Kier molecular flexibility index (Phi) is 4.29. The highest BCUT2D eigenvalue weighted by molar-refractivity contribution is 7.89. The van der Waals surface area contributed by atoms with Crippen LogP contribution in [0.15, 0.2) is 29.2 Å². The first-order chi connectivity index (χ1) is 8.12. The van der Waals surface area contributed by atoms with Gasteiger partial charge in [-0.25, -0.2) is 13.1 Å². The normalized spacial score (nSPS) is 12.4. The summed E-state index contributed by atoms with van der Waals surface area (Å²) >= 11 is 0. The first kappa shape index (κ1) is 14.9. The minimum Gasteiger partial charge on any atom is -0.295 e. The molecular weight excluding hydrogens is 250 g/mol. The van der Waals surface area contributed by atoms with Gasteiger partial charge in [-0.05, 0) is 24.5 Å². The molecule has 0 heterocycles. The second-order valence-electron chi connectivity index (χ2n) is 5.47. The number of hydrogen-bond donors (Lipinski definition) is 1. The molecule has 1 N–H and O–H groups in total. The minimum absolute atomic E-state index is 0.124. The van der Waals surface area contributed by atoms with Crippen LogP contribution in [0.3, 0.4) is 0 Å². The van der Waals surface area contributed by atoms with Crippen molar-refractivity contribution >= 4 is 15.8 Å². The quantitative estimate of drug-likeness (QED) is 0.852. The van der Waals surface area contributed by atoms with Gasteiger partial charge in [0.25, 0.3) is 0 Å². The molecule has 1 aromatic rings. The Morgan fingerprint density at radius 3 is 2.39 bits per heavy atom. The van der Waals surface area contributed by atoms with Crippen molar-refractivity contribution in [2.75, 3.05) is 6.54 Å². The summed E-state index contributed by atoms with van der Waals surface area (Å²) in [5, 5.41) is 0. The Labute approximate surface area is 108 Å². The highest BCUT2D eigenvalue weighted by atomic mass is 32.2. The molecule has 0 amide bonds. The lowest BCUT2D eigenvalue weighted by Gasteiger charge is -2.18. The first-order valence-corrected chi connectivity index (χ1v) is 7.21. The summed E-state index contributed by atoms with van der Waals surface area (Å²) in [6.45, 7) is 7.60. The lowest BCUT2D eigenvalue weighted by Crippen LogP contribution is -2.32. The van der Waals surface area contributed by atoms with Crippen LogP contribution < -0.4 is 4.72 Å². The minimum atomic E-state index is -3.55. The van der Waals surface area contributed by atoms with E-state index >= 15 is 0 Å². The fraction of sp³-hybridized carbons (Fsp3) is 0.462. The van der Waals surface area contributed by atoms with Crippen molar-refractivity contribution < 1.29 is 13.2 Å². The number of carbonyl (C=O) groups excluding carboxylic acids is 1. The zero-order valence-electron chi connectivity index (χ0n) is 11.1. The van der Waals surface area contributed by atoms with Crippen LogP contribution in [0.2, 0.25) is 0 Å². The predicted molar refractivity (Wildman–Crippen MR) is 71.1 cm³/mol. The Balaban J connectivity index is 2.99. The Hall–Kier alpha value is -1.20. The molecule has 0 saturated carbocycles. The van der Waals surface area contributed by atoms with Crippen LogP contribution in [0.1, 0.15) is 38.1 Å². The number of Topliss-reactive ketones (excluding diaryl/α,β-unsaturated/α-hetero) is 1. The monoisotopic (exact) mass is 269 g/mol. The molecule has 0 saturated heterocycles. The van der Waals surface area contributed by atoms with E-state index in [2.05, 4.69) is 4.72 Å². The van der Waals surface area contributed by atoms with Crippen LogP contribution in [0.25, 0.3) is 0 Å². The van der Waals surface area contributed by atoms with Crippen molar-refractivity contribution in [2.24, 2.45) is 5.41 Å². The smallest absolute Gasteiger partial charge is 0.240 e.